The van der Waals surface area contributed by atoms with Crippen LogP contribution in [-0.2, 0) is 0 Å². The molecule has 1 aromatic carbocycles. The van der Waals surface area contributed by atoms with Gasteiger partial charge in [-0.25, -0.2) is 0 Å². The van der Waals surface area contributed by atoms with E-state index in [9.17, 15) is 13.2 Å². The zero-order valence-electron chi connectivity index (χ0n) is 9.43. The first-order chi connectivity index (χ1) is 7.29. The summed E-state index contributed by atoms with van der Waals surface area (Å²) in [5.41, 5.74) is 1.62. The van der Waals surface area contributed by atoms with Crippen LogP contribution in [0.15, 0.2) is 18.2 Å². The Morgan fingerprint density at radius 1 is 1.25 bits per heavy atom. The highest BCUT2D eigenvalue weighted by Gasteiger charge is 2.28. The molecule has 0 spiro atoms. The Kier molecular flexibility index (Phi) is 3.67. The van der Waals surface area contributed by atoms with Gasteiger partial charge in [-0.2, -0.15) is 13.2 Å². The smallest absolute Gasteiger partial charge is 0.422 e. The number of aryl methyl sites for hydroxylation is 1. The maximum atomic E-state index is 12.0. The second kappa shape index (κ2) is 4.63. The monoisotopic (exact) mass is 233 g/mol. The third-order valence-corrected chi connectivity index (χ3v) is 1.99. The summed E-state index contributed by atoms with van der Waals surface area (Å²) in [6.07, 6.45) is -4.31. The zero-order chi connectivity index (χ0) is 12.3. The summed E-state index contributed by atoms with van der Waals surface area (Å²) >= 11 is 0. The maximum Gasteiger partial charge on any atom is 0.422 e. The molecular weight excluding hydrogens is 219 g/mol. The Labute approximate surface area is 92.6 Å². The number of nitrogens with zero attached hydrogens (tertiary/aromatic N) is 1. The summed E-state index contributed by atoms with van der Waals surface area (Å²) in [6, 6.07) is 5.06. The van der Waals surface area contributed by atoms with Crippen LogP contribution in [0.3, 0.4) is 0 Å². The molecule has 90 valence electrons. The lowest BCUT2D eigenvalue weighted by Gasteiger charge is -2.19. The number of benzene rings is 1. The molecule has 0 atom stereocenters. The van der Waals surface area contributed by atoms with Crippen molar-refractivity contribution in [2.24, 2.45) is 0 Å². The topological polar surface area (TPSA) is 12.5 Å². The highest BCUT2D eigenvalue weighted by Crippen LogP contribution is 2.29. The average Bonchev–Trinajstić information content (AvgIpc) is 2.14. The van der Waals surface area contributed by atoms with E-state index in [1.807, 2.05) is 6.92 Å². The van der Waals surface area contributed by atoms with Gasteiger partial charge in [0.25, 0.3) is 0 Å². The zero-order valence-corrected chi connectivity index (χ0v) is 9.43. The molecule has 0 N–H and O–H groups in total. The Morgan fingerprint density at radius 3 is 2.38 bits per heavy atom. The molecule has 0 saturated carbocycles. The predicted octanol–water partition coefficient (Wildman–Crippen LogP) is 3.00. The SMILES string of the molecule is Cc1ccc(OCC(F)(F)F)c(N(C)C)c1. The molecule has 16 heavy (non-hydrogen) atoms. The van der Waals surface area contributed by atoms with E-state index in [0.717, 1.165) is 5.56 Å². The van der Waals surface area contributed by atoms with Gasteiger partial charge in [0.1, 0.15) is 5.75 Å². The van der Waals surface area contributed by atoms with Crippen LogP contribution in [0.25, 0.3) is 0 Å². The molecule has 0 bridgehead atoms. The van der Waals surface area contributed by atoms with Crippen molar-refractivity contribution in [2.75, 3.05) is 25.6 Å². The van der Waals surface area contributed by atoms with Crippen molar-refractivity contribution < 1.29 is 17.9 Å². The van der Waals surface area contributed by atoms with Crippen LogP contribution in [-0.4, -0.2) is 26.9 Å². The minimum absolute atomic E-state index is 0.243. The van der Waals surface area contributed by atoms with Crippen molar-refractivity contribution in [1.29, 1.82) is 0 Å². The molecular formula is C11H14F3NO. The van der Waals surface area contributed by atoms with E-state index in [0.29, 0.717) is 5.69 Å². The summed E-state index contributed by atoms with van der Waals surface area (Å²) in [7, 11) is 3.52. The fourth-order valence-corrected chi connectivity index (χ4v) is 1.26. The average molecular weight is 233 g/mol. The highest BCUT2D eigenvalue weighted by atomic mass is 19.4. The van der Waals surface area contributed by atoms with Crippen LogP contribution in [0.2, 0.25) is 0 Å². The third kappa shape index (κ3) is 3.64. The second-order valence-electron chi connectivity index (χ2n) is 3.77. The molecule has 0 aromatic heterocycles. The van der Waals surface area contributed by atoms with E-state index in [2.05, 4.69) is 0 Å². The molecule has 0 aliphatic carbocycles. The number of anilines is 1. The highest BCUT2D eigenvalue weighted by molar-refractivity contribution is 5.59. The minimum Gasteiger partial charge on any atom is -0.482 e. The van der Waals surface area contributed by atoms with Crippen LogP contribution >= 0.6 is 0 Å². The Hall–Kier alpha value is -1.39. The number of ether oxygens (including phenoxy) is 1. The van der Waals surface area contributed by atoms with Crippen LogP contribution in [0, 0.1) is 6.92 Å². The van der Waals surface area contributed by atoms with Crippen molar-refractivity contribution in [3.8, 4) is 5.75 Å². The molecule has 0 heterocycles. The van der Waals surface area contributed by atoms with E-state index >= 15 is 0 Å². The van der Waals surface area contributed by atoms with Gasteiger partial charge < -0.3 is 9.64 Å². The summed E-state index contributed by atoms with van der Waals surface area (Å²) in [5.74, 6) is 0.243. The number of hydrogen-bond acceptors (Lipinski definition) is 2. The first-order valence-electron chi connectivity index (χ1n) is 4.77. The summed E-state index contributed by atoms with van der Waals surface area (Å²) < 4.78 is 40.8. The largest absolute Gasteiger partial charge is 0.482 e. The molecule has 5 heteroatoms. The fourth-order valence-electron chi connectivity index (χ4n) is 1.26. The van der Waals surface area contributed by atoms with Crippen LogP contribution in [0.1, 0.15) is 5.56 Å². The summed E-state index contributed by atoms with van der Waals surface area (Å²) in [5, 5.41) is 0. The first kappa shape index (κ1) is 12.7. The standard InChI is InChI=1S/C11H14F3NO/c1-8-4-5-10(9(6-8)15(2)3)16-7-11(12,13)14/h4-6H,7H2,1-3H3. The molecule has 1 rings (SSSR count). The van der Waals surface area contributed by atoms with Gasteiger partial charge in [0.15, 0.2) is 6.61 Å². The lowest BCUT2D eigenvalue weighted by molar-refractivity contribution is -0.153. The van der Waals surface area contributed by atoms with Crippen LogP contribution < -0.4 is 9.64 Å². The number of rotatable bonds is 3. The molecule has 2 nitrogen and oxygen atoms in total. The van der Waals surface area contributed by atoms with Gasteiger partial charge in [0.05, 0.1) is 5.69 Å². The molecule has 0 unspecified atom stereocenters. The lowest BCUT2D eigenvalue weighted by atomic mass is 10.2. The van der Waals surface area contributed by atoms with Crippen molar-refractivity contribution in [2.45, 2.75) is 13.1 Å². The van der Waals surface area contributed by atoms with Crippen molar-refractivity contribution in [3.05, 3.63) is 23.8 Å². The number of hydrogen-bond donors (Lipinski definition) is 0. The van der Waals surface area contributed by atoms with Crippen molar-refractivity contribution >= 4 is 5.69 Å². The van der Waals surface area contributed by atoms with Crippen molar-refractivity contribution in [1.82, 2.24) is 0 Å². The number of halogens is 3. The normalized spacial score (nSPS) is 11.4. The molecule has 0 fully saturated rings. The van der Waals surface area contributed by atoms with Gasteiger partial charge in [0.2, 0.25) is 0 Å². The van der Waals surface area contributed by atoms with Crippen LogP contribution in [0.4, 0.5) is 18.9 Å². The van der Waals surface area contributed by atoms with Gasteiger partial charge in [-0.3, -0.25) is 0 Å². The molecule has 0 radical (unpaired) electrons. The van der Waals surface area contributed by atoms with Crippen LogP contribution in [0.5, 0.6) is 5.75 Å². The third-order valence-electron chi connectivity index (χ3n) is 1.99. The van der Waals surface area contributed by atoms with E-state index < -0.39 is 12.8 Å². The Bertz CT molecular complexity index is 361. The second-order valence-corrected chi connectivity index (χ2v) is 3.77. The quantitative estimate of drug-likeness (QED) is 0.795. The van der Waals surface area contributed by atoms with E-state index in [-0.39, 0.29) is 5.75 Å². The molecule has 0 aliphatic heterocycles. The first-order valence-corrected chi connectivity index (χ1v) is 4.77. The van der Waals surface area contributed by atoms with E-state index in [4.69, 9.17) is 4.74 Å². The van der Waals surface area contributed by atoms with Gasteiger partial charge >= 0.3 is 6.18 Å². The lowest BCUT2D eigenvalue weighted by Crippen LogP contribution is -2.20. The minimum atomic E-state index is -4.31. The molecule has 0 amide bonds. The maximum absolute atomic E-state index is 12.0. The van der Waals surface area contributed by atoms with Gasteiger partial charge in [-0.15, -0.1) is 0 Å². The summed E-state index contributed by atoms with van der Waals surface area (Å²) in [4.78, 5) is 1.72. The fraction of sp³-hybridized carbons (Fsp3) is 0.455. The molecule has 1 aromatic rings. The predicted molar refractivity (Wildman–Crippen MR) is 57.1 cm³/mol. The molecule has 0 aliphatic rings. The molecule has 0 saturated heterocycles. The van der Waals surface area contributed by atoms with Gasteiger partial charge in [-0.1, -0.05) is 6.07 Å². The summed E-state index contributed by atoms with van der Waals surface area (Å²) in [6.45, 7) is 0.609. The van der Waals surface area contributed by atoms with Crippen molar-refractivity contribution in [3.63, 3.8) is 0 Å². The Morgan fingerprint density at radius 2 is 1.88 bits per heavy atom. The number of alkyl halides is 3. The van der Waals surface area contributed by atoms with E-state index in [1.54, 1.807) is 37.2 Å². The van der Waals surface area contributed by atoms with Gasteiger partial charge in [-0.05, 0) is 24.6 Å². The van der Waals surface area contributed by atoms with E-state index in [1.165, 1.54) is 0 Å². The Balaban J connectivity index is 2.87. The van der Waals surface area contributed by atoms with Gasteiger partial charge in [0, 0.05) is 14.1 Å².